The number of nitrogens with zero attached hydrogens (tertiary/aromatic N) is 3. The molecule has 0 spiro atoms. The molecule has 264 valence electrons. The smallest absolute Gasteiger partial charge is 0.122 e. The summed E-state index contributed by atoms with van der Waals surface area (Å²) in [5.74, 6) is 7.09. The van der Waals surface area contributed by atoms with Crippen molar-refractivity contribution < 1.29 is 9.47 Å². The summed E-state index contributed by atoms with van der Waals surface area (Å²) in [4.78, 5) is 11.8. The van der Waals surface area contributed by atoms with Gasteiger partial charge in [-0.05, 0) is 94.8 Å². The van der Waals surface area contributed by atoms with Crippen molar-refractivity contribution in [3.63, 3.8) is 0 Å². The second-order valence-corrected chi connectivity index (χ2v) is 12.3. The van der Waals surface area contributed by atoms with Crippen molar-refractivity contribution in [3.8, 4) is 17.6 Å². The summed E-state index contributed by atoms with van der Waals surface area (Å²) in [6.07, 6.45) is 14.8. The molecule has 3 rings (SSSR count). The third kappa shape index (κ3) is 16.5. The molecule has 1 saturated heterocycles. The molecule has 0 bridgehead atoms. The molecular weight excluding hydrogens is 592 g/mol. The Kier molecular flexibility index (Phi) is 22.6. The van der Waals surface area contributed by atoms with Crippen molar-refractivity contribution in [2.24, 2.45) is 4.99 Å². The summed E-state index contributed by atoms with van der Waals surface area (Å²) in [7, 11) is 1.73. The maximum absolute atomic E-state index is 8.19. The van der Waals surface area contributed by atoms with Crippen molar-refractivity contribution in [1.82, 2.24) is 9.88 Å². The summed E-state index contributed by atoms with van der Waals surface area (Å²) in [5.41, 5.74) is 8.38. The first-order valence-corrected chi connectivity index (χ1v) is 18.0. The Morgan fingerprint density at radius 2 is 1.79 bits per heavy atom. The first-order valence-electron chi connectivity index (χ1n) is 18.0. The van der Waals surface area contributed by atoms with Gasteiger partial charge in [0.05, 0.1) is 32.1 Å². The highest BCUT2D eigenvalue weighted by atomic mass is 16.5. The fourth-order valence-electron chi connectivity index (χ4n) is 5.11. The Morgan fingerprint density at radius 1 is 1.06 bits per heavy atom. The van der Waals surface area contributed by atoms with Crippen LogP contribution in [0.4, 0.5) is 0 Å². The van der Waals surface area contributed by atoms with Gasteiger partial charge in [-0.1, -0.05) is 83.1 Å². The van der Waals surface area contributed by atoms with Gasteiger partial charge in [0.15, 0.2) is 0 Å². The molecule has 0 radical (unpaired) electrons. The average Bonchev–Trinajstić information content (AvgIpc) is 3.08. The molecule has 0 aliphatic carbocycles. The molecule has 0 saturated carbocycles. The molecule has 1 atom stereocenters. The molecule has 1 fully saturated rings. The minimum Gasteiger partial charge on any atom is -0.496 e. The summed E-state index contributed by atoms with van der Waals surface area (Å²) in [6, 6.07) is 8.55. The third-order valence-electron chi connectivity index (χ3n) is 7.85. The van der Waals surface area contributed by atoms with Gasteiger partial charge >= 0.3 is 0 Å². The third-order valence-corrected chi connectivity index (χ3v) is 7.85. The molecular formula is C42H64N4O2. The van der Waals surface area contributed by atoms with E-state index in [1.54, 1.807) is 7.11 Å². The lowest BCUT2D eigenvalue weighted by molar-refractivity contribution is 0.0380. The first-order chi connectivity index (χ1) is 23.1. The monoisotopic (exact) mass is 657 g/mol. The molecule has 0 amide bonds. The van der Waals surface area contributed by atoms with E-state index in [4.69, 9.17) is 19.9 Å². The molecule has 6 nitrogen and oxygen atoms in total. The van der Waals surface area contributed by atoms with Crippen LogP contribution in [0.3, 0.4) is 0 Å². The Bertz CT molecular complexity index is 1370. The van der Waals surface area contributed by atoms with Gasteiger partial charge in [0.1, 0.15) is 5.75 Å². The van der Waals surface area contributed by atoms with E-state index in [9.17, 15) is 0 Å². The van der Waals surface area contributed by atoms with E-state index in [0.29, 0.717) is 5.71 Å². The van der Waals surface area contributed by atoms with E-state index in [1.807, 2.05) is 25.4 Å². The van der Waals surface area contributed by atoms with E-state index >= 15 is 0 Å². The van der Waals surface area contributed by atoms with Crippen LogP contribution >= 0.6 is 0 Å². The standard InChI is InChI=1S/C24H33N3.C11H16O.C7H15NO/c1-7-10-11-12-14-20(9-3)26-16-21(18(4)5)24-15-19(6)22(17-27-24)23(25)13-8-2;1-4-5-10-7-6-9(2)8-11(10)12-3;1-2-3-8-4-6-9-7-5-8/h12,14-17,20,25H,7-9,13H2,1-6H3;6-8H,4-5H2,1-3H3;2-7H2,1H3/b14-12-,25-23?,26-16?;;. The molecule has 2 heterocycles. The van der Waals surface area contributed by atoms with Crippen LogP contribution < -0.4 is 4.74 Å². The number of methoxy groups -OCH3 is 1. The molecule has 1 aromatic heterocycles. The van der Waals surface area contributed by atoms with Crippen LogP contribution in [-0.4, -0.2) is 67.8 Å². The number of ether oxygens (including phenoxy) is 2. The first kappa shape index (κ1) is 42.5. The average molecular weight is 657 g/mol. The molecule has 1 aliphatic heterocycles. The SMILES string of the molecule is CCC#C/C=C\C(CC)N=CC(=C(C)C)c1cc(C)c(C(=N)CCC)cn1.CCCN1CCOCC1.CCCc1ccc(C)cc1OC. The van der Waals surface area contributed by atoms with Gasteiger partial charge in [0.2, 0.25) is 0 Å². The fourth-order valence-corrected chi connectivity index (χ4v) is 5.11. The van der Waals surface area contributed by atoms with Crippen molar-refractivity contribution in [2.45, 2.75) is 113 Å². The normalized spacial score (nSPS) is 13.5. The van der Waals surface area contributed by atoms with Gasteiger partial charge in [-0.3, -0.25) is 14.9 Å². The van der Waals surface area contributed by atoms with E-state index in [1.165, 1.54) is 36.1 Å². The van der Waals surface area contributed by atoms with Gasteiger partial charge in [-0.15, -0.1) is 0 Å². The zero-order valence-electron chi connectivity index (χ0n) is 31.8. The minimum atomic E-state index is 0.114. The predicted octanol–water partition coefficient (Wildman–Crippen LogP) is 9.86. The van der Waals surface area contributed by atoms with Crippen LogP contribution in [0, 0.1) is 31.1 Å². The number of benzene rings is 1. The summed E-state index contributed by atoms with van der Waals surface area (Å²) >= 11 is 0. The molecule has 1 N–H and O–H groups in total. The zero-order chi connectivity index (χ0) is 35.7. The van der Waals surface area contributed by atoms with Crippen LogP contribution in [0.5, 0.6) is 5.75 Å². The Morgan fingerprint density at radius 3 is 2.35 bits per heavy atom. The lowest BCUT2D eigenvalue weighted by Crippen LogP contribution is -2.36. The van der Waals surface area contributed by atoms with E-state index < -0.39 is 0 Å². The molecule has 1 aliphatic rings. The Balaban J connectivity index is 0.000000444. The van der Waals surface area contributed by atoms with E-state index in [0.717, 1.165) is 86.6 Å². The van der Waals surface area contributed by atoms with Crippen LogP contribution in [0.2, 0.25) is 0 Å². The second-order valence-electron chi connectivity index (χ2n) is 12.3. The van der Waals surface area contributed by atoms with Crippen LogP contribution in [0.25, 0.3) is 5.57 Å². The van der Waals surface area contributed by atoms with Crippen LogP contribution in [0.15, 0.2) is 53.2 Å². The summed E-state index contributed by atoms with van der Waals surface area (Å²) < 4.78 is 10.5. The molecule has 1 aromatic carbocycles. The molecule has 1 unspecified atom stereocenters. The minimum absolute atomic E-state index is 0.114. The van der Waals surface area contributed by atoms with E-state index in [2.05, 4.69) is 107 Å². The van der Waals surface area contributed by atoms with Gasteiger partial charge in [0, 0.05) is 48.8 Å². The zero-order valence-corrected chi connectivity index (χ0v) is 31.8. The molecule has 2 aromatic rings. The number of hydrogen-bond acceptors (Lipinski definition) is 6. The number of rotatable bonds is 13. The number of pyridine rings is 1. The maximum atomic E-state index is 8.19. The topological polar surface area (TPSA) is 70.8 Å². The van der Waals surface area contributed by atoms with Gasteiger partial charge in [-0.25, -0.2) is 0 Å². The Hall–Kier alpha value is -3.53. The van der Waals surface area contributed by atoms with Crippen molar-refractivity contribution in [3.05, 3.63) is 76.1 Å². The number of nitrogens with one attached hydrogen (secondary N) is 1. The van der Waals surface area contributed by atoms with Crippen LogP contribution in [-0.2, 0) is 11.2 Å². The highest BCUT2D eigenvalue weighted by Gasteiger charge is 2.10. The molecule has 48 heavy (non-hydrogen) atoms. The predicted molar refractivity (Wildman–Crippen MR) is 208 cm³/mol. The fraction of sp³-hybridized carbons (Fsp3) is 0.548. The highest BCUT2D eigenvalue weighted by molar-refractivity contribution is 6.10. The van der Waals surface area contributed by atoms with E-state index in [-0.39, 0.29) is 6.04 Å². The molecule has 6 heteroatoms. The van der Waals surface area contributed by atoms with Gasteiger partial charge in [-0.2, -0.15) is 0 Å². The number of morpholine rings is 1. The number of hydrogen-bond donors (Lipinski definition) is 1. The largest absolute Gasteiger partial charge is 0.496 e. The number of aliphatic imine (C=N–C) groups is 1. The summed E-state index contributed by atoms with van der Waals surface area (Å²) in [6.45, 7) is 24.3. The van der Waals surface area contributed by atoms with Gasteiger partial charge < -0.3 is 14.9 Å². The lowest BCUT2D eigenvalue weighted by Gasteiger charge is -2.25. The number of aromatic nitrogens is 1. The quantitative estimate of drug-likeness (QED) is 0.172. The van der Waals surface area contributed by atoms with Crippen molar-refractivity contribution in [1.29, 1.82) is 5.41 Å². The van der Waals surface area contributed by atoms with Gasteiger partial charge in [0.25, 0.3) is 0 Å². The summed E-state index contributed by atoms with van der Waals surface area (Å²) in [5, 5.41) is 8.19. The maximum Gasteiger partial charge on any atom is 0.122 e. The second kappa shape index (κ2) is 25.5. The Labute approximate surface area is 293 Å². The highest BCUT2D eigenvalue weighted by Crippen LogP contribution is 2.21. The van der Waals surface area contributed by atoms with Crippen molar-refractivity contribution in [2.75, 3.05) is 40.0 Å². The lowest BCUT2D eigenvalue weighted by atomic mass is 10.00. The van der Waals surface area contributed by atoms with Crippen LogP contribution in [0.1, 0.15) is 115 Å². The number of allylic oxidation sites excluding steroid dienone is 3. The number of aryl methyl sites for hydroxylation is 3. The van der Waals surface area contributed by atoms with Crippen molar-refractivity contribution >= 4 is 17.5 Å².